The van der Waals surface area contributed by atoms with Crippen molar-refractivity contribution in [2.45, 2.75) is 38.6 Å². The van der Waals surface area contributed by atoms with Gasteiger partial charge >= 0.3 is 0 Å². The highest BCUT2D eigenvalue weighted by Gasteiger charge is 2.71. The number of hydrogen-bond donors (Lipinski definition) is 1. The van der Waals surface area contributed by atoms with E-state index in [4.69, 9.17) is 5.73 Å². The molecule has 0 aromatic heterocycles. The van der Waals surface area contributed by atoms with Gasteiger partial charge in [-0.15, -0.1) is 0 Å². The van der Waals surface area contributed by atoms with Gasteiger partial charge < -0.3 is 5.73 Å². The van der Waals surface area contributed by atoms with Crippen molar-refractivity contribution in [2.24, 2.45) is 35.3 Å². The highest BCUT2D eigenvalue weighted by Crippen LogP contribution is 2.70. The first-order valence-corrected chi connectivity index (χ1v) is 5.43. The van der Waals surface area contributed by atoms with E-state index in [-0.39, 0.29) is 0 Å². The Bertz CT molecular complexity index is 223. The third-order valence-electron chi connectivity index (χ3n) is 4.85. The molecule has 5 atom stereocenters. The van der Waals surface area contributed by atoms with Crippen molar-refractivity contribution < 1.29 is 0 Å². The summed E-state index contributed by atoms with van der Waals surface area (Å²) in [5.41, 5.74) is 6.70. The molecule has 0 aromatic rings. The Kier molecular flexibility index (Phi) is 1.16. The lowest BCUT2D eigenvalue weighted by atomic mass is 9.82. The van der Waals surface area contributed by atoms with Crippen LogP contribution in [0.4, 0.5) is 0 Å². The molecule has 1 heteroatoms. The van der Waals surface area contributed by atoms with Crippen LogP contribution < -0.4 is 5.73 Å². The smallest absolute Gasteiger partial charge is 0.0221 e. The summed E-state index contributed by atoms with van der Waals surface area (Å²) in [5, 5.41) is 0. The molecule has 0 heterocycles. The average molecular weight is 165 g/mol. The second kappa shape index (κ2) is 1.89. The van der Waals surface area contributed by atoms with E-state index in [1.807, 2.05) is 0 Å². The lowest BCUT2D eigenvalue weighted by Crippen LogP contribution is -2.34. The minimum Gasteiger partial charge on any atom is -0.325 e. The fraction of sp³-hybridized carbons (Fsp3) is 1.00. The summed E-state index contributed by atoms with van der Waals surface area (Å²) in [6.07, 6.45) is 4.27. The molecular weight excluding hydrogens is 146 g/mol. The van der Waals surface area contributed by atoms with Gasteiger partial charge in [0.05, 0.1) is 0 Å². The minimum atomic E-state index is 0.331. The third-order valence-corrected chi connectivity index (χ3v) is 4.85. The molecule has 0 amide bonds. The molecule has 3 aliphatic carbocycles. The van der Waals surface area contributed by atoms with Gasteiger partial charge in [-0.2, -0.15) is 0 Å². The van der Waals surface area contributed by atoms with Crippen molar-refractivity contribution in [2.75, 3.05) is 0 Å². The van der Waals surface area contributed by atoms with E-state index < -0.39 is 0 Å². The van der Waals surface area contributed by atoms with Crippen LogP contribution in [0.25, 0.3) is 0 Å². The van der Waals surface area contributed by atoms with Crippen molar-refractivity contribution in [1.29, 1.82) is 0 Å². The zero-order valence-electron chi connectivity index (χ0n) is 8.09. The topological polar surface area (TPSA) is 26.0 Å². The Hall–Kier alpha value is -0.0400. The Morgan fingerprint density at radius 2 is 2.00 bits per heavy atom. The first-order valence-electron chi connectivity index (χ1n) is 5.43. The molecule has 2 N–H and O–H groups in total. The van der Waals surface area contributed by atoms with Gasteiger partial charge in [0.2, 0.25) is 0 Å². The van der Waals surface area contributed by atoms with E-state index in [0.717, 1.165) is 29.6 Å². The predicted molar refractivity (Wildman–Crippen MR) is 49.6 cm³/mol. The summed E-state index contributed by atoms with van der Waals surface area (Å²) in [5.74, 6) is 4.70. The van der Waals surface area contributed by atoms with Crippen LogP contribution in [-0.4, -0.2) is 5.54 Å². The van der Waals surface area contributed by atoms with Crippen LogP contribution >= 0.6 is 0 Å². The number of nitrogens with two attached hydrogens (primary N) is 1. The first-order chi connectivity index (χ1) is 5.64. The van der Waals surface area contributed by atoms with Gasteiger partial charge in [0.25, 0.3) is 0 Å². The van der Waals surface area contributed by atoms with Crippen LogP contribution in [0.3, 0.4) is 0 Å². The molecule has 0 aromatic carbocycles. The summed E-state index contributed by atoms with van der Waals surface area (Å²) >= 11 is 0. The monoisotopic (exact) mass is 165 g/mol. The van der Waals surface area contributed by atoms with E-state index in [1.165, 1.54) is 19.3 Å². The molecule has 3 aliphatic rings. The van der Waals surface area contributed by atoms with Gasteiger partial charge in [0.15, 0.2) is 0 Å². The van der Waals surface area contributed by atoms with E-state index in [9.17, 15) is 0 Å². The fourth-order valence-electron chi connectivity index (χ4n) is 4.41. The Labute approximate surface area is 74.7 Å². The Morgan fingerprint density at radius 1 is 1.25 bits per heavy atom. The molecule has 0 spiro atoms. The van der Waals surface area contributed by atoms with Crippen molar-refractivity contribution in [3.05, 3.63) is 0 Å². The normalized spacial score (nSPS) is 61.0. The Balaban J connectivity index is 1.93. The van der Waals surface area contributed by atoms with Crippen molar-refractivity contribution in [1.82, 2.24) is 0 Å². The zero-order chi connectivity index (χ0) is 8.51. The van der Waals surface area contributed by atoms with Crippen molar-refractivity contribution in [3.8, 4) is 0 Å². The minimum absolute atomic E-state index is 0.331. The maximum atomic E-state index is 6.37. The van der Waals surface area contributed by atoms with E-state index in [0.29, 0.717) is 5.54 Å². The summed E-state index contributed by atoms with van der Waals surface area (Å²) in [7, 11) is 0. The van der Waals surface area contributed by atoms with Crippen LogP contribution in [0.2, 0.25) is 0 Å². The average Bonchev–Trinajstić information content (AvgIpc) is 2.50. The Morgan fingerprint density at radius 3 is 2.42 bits per heavy atom. The molecule has 5 unspecified atom stereocenters. The van der Waals surface area contributed by atoms with Crippen molar-refractivity contribution >= 4 is 0 Å². The highest BCUT2D eigenvalue weighted by atomic mass is 14.9. The number of fused-ring (bicyclic) bond motifs is 5. The fourth-order valence-corrected chi connectivity index (χ4v) is 4.41. The maximum absolute atomic E-state index is 6.37. The second-order valence-corrected chi connectivity index (χ2v) is 5.59. The molecule has 2 bridgehead atoms. The molecule has 12 heavy (non-hydrogen) atoms. The second-order valence-electron chi connectivity index (χ2n) is 5.59. The zero-order valence-corrected chi connectivity index (χ0v) is 8.09. The van der Waals surface area contributed by atoms with Gasteiger partial charge in [-0.1, -0.05) is 13.8 Å². The van der Waals surface area contributed by atoms with Gasteiger partial charge in [-0.25, -0.2) is 0 Å². The van der Waals surface area contributed by atoms with Gasteiger partial charge in [0.1, 0.15) is 0 Å². The van der Waals surface area contributed by atoms with Crippen LogP contribution in [0.15, 0.2) is 0 Å². The molecule has 3 fully saturated rings. The van der Waals surface area contributed by atoms with Gasteiger partial charge in [-0.05, 0) is 48.9 Å². The van der Waals surface area contributed by atoms with Crippen molar-refractivity contribution in [3.63, 3.8) is 0 Å². The predicted octanol–water partition coefficient (Wildman–Crippen LogP) is 2.02. The van der Waals surface area contributed by atoms with Crippen LogP contribution in [0, 0.1) is 29.6 Å². The maximum Gasteiger partial charge on any atom is 0.0221 e. The number of hydrogen-bond acceptors (Lipinski definition) is 1. The summed E-state index contributed by atoms with van der Waals surface area (Å²) < 4.78 is 0. The molecule has 3 saturated carbocycles. The molecule has 68 valence electrons. The van der Waals surface area contributed by atoms with Crippen LogP contribution in [0.5, 0.6) is 0 Å². The quantitative estimate of drug-likeness (QED) is 0.632. The van der Waals surface area contributed by atoms with E-state index in [1.54, 1.807) is 0 Å². The standard InChI is InChI=1S/C11H19N/c1-6(2)10-7-3-4-8(10)11(12)5-9(7)11/h6-10H,3-5,12H2,1-2H3. The molecule has 1 nitrogen and oxygen atoms in total. The highest BCUT2D eigenvalue weighted by molar-refractivity contribution is 5.25. The van der Waals surface area contributed by atoms with Crippen LogP contribution in [-0.2, 0) is 0 Å². The van der Waals surface area contributed by atoms with Gasteiger partial charge in [-0.3, -0.25) is 0 Å². The van der Waals surface area contributed by atoms with Crippen LogP contribution in [0.1, 0.15) is 33.1 Å². The van der Waals surface area contributed by atoms with E-state index >= 15 is 0 Å². The molecule has 0 aliphatic heterocycles. The molecule has 0 saturated heterocycles. The summed E-state index contributed by atoms with van der Waals surface area (Å²) in [6.45, 7) is 4.76. The molecular formula is C11H19N. The lowest BCUT2D eigenvalue weighted by Gasteiger charge is -2.25. The first kappa shape index (κ1) is 7.37. The molecule has 3 rings (SSSR count). The summed E-state index contributed by atoms with van der Waals surface area (Å²) in [4.78, 5) is 0. The third kappa shape index (κ3) is 0.618. The molecule has 0 radical (unpaired) electrons. The largest absolute Gasteiger partial charge is 0.325 e. The van der Waals surface area contributed by atoms with Gasteiger partial charge in [0, 0.05) is 5.54 Å². The number of rotatable bonds is 1. The lowest BCUT2D eigenvalue weighted by molar-refractivity contribution is 0.250. The summed E-state index contributed by atoms with van der Waals surface area (Å²) in [6, 6.07) is 0. The van der Waals surface area contributed by atoms with E-state index in [2.05, 4.69) is 13.8 Å². The SMILES string of the molecule is CC(C)C1C2CCC1C1(N)CC21.